The Balaban J connectivity index is 2.15. The fourth-order valence-corrected chi connectivity index (χ4v) is 2.94. The van der Waals surface area contributed by atoms with Gasteiger partial charge in [0, 0.05) is 31.4 Å². The van der Waals surface area contributed by atoms with Gasteiger partial charge >= 0.3 is 0 Å². The van der Waals surface area contributed by atoms with Crippen LogP contribution in [0.25, 0.3) is 0 Å². The van der Waals surface area contributed by atoms with Crippen LogP contribution < -0.4 is 10.9 Å². The number of carbonyl (C=O) groups excluding carboxylic acids is 1. The lowest BCUT2D eigenvalue weighted by Crippen LogP contribution is -2.38. The highest BCUT2D eigenvalue weighted by molar-refractivity contribution is 9.10. The lowest BCUT2D eigenvalue weighted by molar-refractivity contribution is -0.120. The maximum atomic E-state index is 12.3. The van der Waals surface area contributed by atoms with Gasteiger partial charge in [-0.25, -0.2) is 0 Å². The highest BCUT2D eigenvalue weighted by Gasteiger charge is 2.34. The van der Waals surface area contributed by atoms with Crippen molar-refractivity contribution in [2.45, 2.75) is 18.6 Å². The van der Waals surface area contributed by atoms with Crippen LogP contribution in [-0.4, -0.2) is 48.2 Å². The minimum absolute atomic E-state index is 0.0566. The predicted octanol–water partition coefficient (Wildman–Crippen LogP) is 0.805. The Bertz CT molecular complexity index is 572. The third kappa shape index (κ3) is 3.11. The van der Waals surface area contributed by atoms with Gasteiger partial charge in [-0.15, -0.1) is 0 Å². The molecule has 1 N–H and O–H groups in total. The van der Waals surface area contributed by atoms with Gasteiger partial charge in [-0.3, -0.25) is 14.5 Å². The molecule has 0 unspecified atom stereocenters. The Morgan fingerprint density at radius 1 is 1.50 bits per heavy atom. The van der Waals surface area contributed by atoms with Crippen molar-refractivity contribution in [2.24, 2.45) is 7.05 Å². The monoisotopic (exact) mass is 343 g/mol. The zero-order chi connectivity index (χ0) is 14.9. The van der Waals surface area contributed by atoms with E-state index in [1.165, 1.54) is 4.57 Å². The molecule has 0 saturated carbocycles. The number of hydrogen-bond donors (Lipinski definition) is 1. The van der Waals surface area contributed by atoms with Gasteiger partial charge in [0.1, 0.15) is 5.69 Å². The van der Waals surface area contributed by atoms with E-state index >= 15 is 0 Å². The summed E-state index contributed by atoms with van der Waals surface area (Å²) in [4.78, 5) is 26.2. The molecule has 0 aliphatic carbocycles. The number of anilines is 1. The summed E-state index contributed by atoms with van der Waals surface area (Å²) in [5.41, 5.74) is 0.0478. The summed E-state index contributed by atoms with van der Waals surface area (Å²) >= 11 is 3.31. The number of aryl methyl sites for hydroxylation is 1. The van der Waals surface area contributed by atoms with Crippen LogP contribution in [0.15, 0.2) is 21.5 Å². The van der Waals surface area contributed by atoms with Crippen LogP contribution in [0.2, 0.25) is 0 Å². The number of halogens is 1. The van der Waals surface area contributed by atoms with E-state index in [4.69, 9.17) is 4.74 Å². The van der Waals surface area contributed by atoms with Crippen LogP contribution >= 0.6 is 15.9 Å². The summed E-state index contributed by atoms with van der Waals surface area (Å²) in [6, 6.07) is 1.34. The van der Waals surface area contributed by atoms with Gasteiger partial charge in [-0.1, -0.05) is 0 Å². The third-order valence-electron chi connectivity index (χ3n) is 3.55. The average Bonchev–Trinajstić information content (AvgIpc) is 2.76. The smallest absolute Gasteiger partial charge is 0.274 e. The first-order valence-corrected chi connectivity index (χ1v) is 7.11. The molecule has 2 atom stereocenters. The number of nitrogens with one attached hydrogen (secondary N) is 1. The molecule has 2 rings (SSSR count). The fraction of sp³-hybridized carbons (Fsp3) is 0.538. The maximum Gasteiger partial charge on any atom is 0.274 e. The molecule has 20 heavy (non-hydrogen) atoms. The molecule has 1 fully saturated rings. The molecule has 1 saturated heterocycles. The Hall–Kier alpha value is -1.18. The zero-order valence-electron chi connectivity index (χ0n) is 11.7. The van der Waals surface area contributed by atoms with E-state index in [2.05, 4.69) is 21.2 Å². The van der Waals surface area contributed by atoms with Crippen molar-refractivity contribution in [2.75, 3.05) is 26.0 Å². The molecule has 2 heterocycles. The predicted molar refractivity (Wildman–Crippen MR) is 79.8 cm³/mol. The maximum absolute atomic E-state index is 12.3. The molecule has 110 valence electrons. The van der Waals surface area contributed by atoms with Crippen molar-refractivity contribution >= 4 is 27.5 Å². The molecule has 7 heteroatoms. The standard InChI is InChI=1S/C13H18BrN3O3/c1-16-7-9(20-3)5-11(16)12(18)15-10-4-8(14)6-17(2)13(10)19/h4,6,9,11H,5,7H2,1-3H3,(H,15,18)/t9-,11-/m0/s1. The molecule has 0 radical (unpaired) electrons. The average molecular weight is 344 g/mol. The summed E-state index contributed by atoms with van der Waals surface area (Å²) in [6.07, 6.45) is 2.34. The van der Waals surface area contributed by atoms with Crippen molar-refractivity contribution in [3.8, 4) is 0 Å². The topological polar surface area (TPSA) is 63.6 Å². The minimum Gasteiger partial charge on any atom is -0.380 e. The van der Waals surface area contributed by atoms with Crippen LogP contribution in [-0.2, 0) is 16.6 Å². The molecular weight excluding hydrogens is 326 g/mol. The van der Waals surface area contributed by atoms with Crippen LogP contribution in [0.4, 0.5) is 5.69 Å². The van der Waals surface area contributed by atoms with Crippen molar-refractivity contribution in [1.82, 2.24) is 9.47 Å². The second-order valence-corrected chi connectivity index (χ2v) is 5.94. The number of amides is 1. The first kappa shape index (κ1) is 15.2. The van der Waals surface area contributed by atoms with Gasteiger partial charge in [-0.05, 0) is 35.5 Å². The third-order valence-corrected chi connectivity index (χ3v) is 3.99. The van der Waals surface area contributed by atoms with E-state index in [1.54, 1.807) is 26.4 Å². The number of pyridine rings is 1. The van der Waals surface area contributed by atoms with Crippen molar-refractivity contribution in [3.63, 3.8) is 0 Å². The Labute approximate surface area is 125 Å². The van der Waals surface area contributed by atoms with Crippen molar-refractivity contribution in [3.05, 3.63) is 27.1 Å². The van der Waals surface area contributed by atoms with Gasteiger partial charge < -0.3 is 14.6 Å². The summed E-state index contributed by atoms with van der Waals surface area (Å²) in [5, 5.41) is 2.71. The van der Waals surface area contributed by atoms with Crippen molar-refractivity contribution in [1.29, 1.82) is 0 Å². The first-order chi connectivity index (χ1) is 9.42. The molecular formula is C13H18BrN3O3. The number of likely N-dealkylation sites (tertiary alicyclic amines) is 1. The van der Waals surface area contributed by atoms with Gasteiger partial charge in [0.05, 0.1) is 12.1 Å². The van der Waals surface area contributed by atoms with Gasteiger partial charge in [0.2, 0.25) is 5.91 Å². The van der Waals surface area contributed by atoms with E-state index in [0.29, 0.717) is 13.0 Å². The summed E-state index contributed by atoms with van der Waals surface area (Å²) in [6.45, 7) is 0.713. The number of ether oxygens (including phenoxy) is 1. The van der Waals surface area contributed by atoms with Gasteiger partial charge in [0.25, 0.3) is 5.56 Å². The van der Waals surface area contributed by atoms with E-state index in [1.807, 2.05) is 11.9 Å². The molecule has 6 nitrogen and oxygen atoms in total. The molecule has 0 aromatic carbocycles. The largest absolute Gasteiger partial charge is 0.380 e. The summed E-state index contributed by atoms with van der Waals surface area (Å²) in [5.74, 6) is -0.178. The van der Waals surface area contributed by atoms with Crippen molar-refractivity contribution < 1.29 is 9.53 Å². The summed E-state index contributed by atoms with van der Waals surface area (Å²) < 4.78 is 7.45. The fourth-order valence-electron chi connectivity index (χ4n) is 2.41. The molecule has 0 spiro atoms. The SMILES string of the molecule is CO[C@H]1C[C@@H](C(=O)Nc2cc(Br)cn(C)c2=O)N(C)C1. The normalized spacial score (nSPS) is 23.0. The lowest BCUT2D eigenvalue weighted by Gasteiger charge is -2.18. The first-order valence-electron chi connectivity index (χ1n) is 6.32. The number of methoxy groups -OCH3 is 1. The zero-order valence-corrected chi connectivity index (χ0v) is 13.3. The Morgan fingerprint density at radius 2 is 2.20 bits per heavy atom. The lowest BCUT2D eigenvalue weighted by atomic mass is 10.2. The van der Waals surface area contributed by atoms with Gasteiger partial charge in [0.15, 0.2) is 0 Å². The van der Waals surface area contributed by atoms with Crippen LogP contribution in [0, 0.1) is 0 Å². The van der Waals surface area contributed by atoms with Gasteiger partial charge in [-0.2, -0.15) is 0 Å². The molecule has 1 aliphatic rings. The number of aromatic nitrogens is 1. The highest BCUT2D eigenvalue weighted by atomic mass is 79.9. The van der Waals surface area contributed by atoms with E-state index < -0.39 is 0 Å². The minimum atomic E-state index is -0.274. The number of likely N-dealkylation sites (N-methyl/N-ethyl adjacent to an activating group) is 1. The summed E-state index contributed by atoms with van der Waals surface area (Å²) in [7, 11) is 5.16. The van der Waals surface area contributed by atoms with Crippen LogP contribution in [0.5, 0.6) is 0 Å². The quantitative estimate of drug-likeness (QED) is 0.881. The van der Waals surface area contributed by atoms with E-state index in [0.717, 1.165) is 4.47 Å². The Morgan fingerprint density at radius 3 is 2.80 bits per heavy atom. The van der Waals surface area contributed by atoms with E-state index in [9.17, 15) is 9.59 Å². The van der Waals surface area contributed by atoms with E-state index in [-0.39, 0.29) is 29.3 Å². The molecule has 1 aromatic heterocycles. The molecule has 1 amide bonds. The number of rotatable bonds is 3. The molecule has 1 aliphatic heterocycles. The molecule has 1 aromatic rings. The number of carbonyl (C=O) groups is 1. The van der Waals surface area contributed by atoms with Crippen LogP contribution in [0.1, 0.15) is 6.42 Å². The molecule has 0 bridgehead atoms. The second-order valence-electron chi connectivity index (χ2n) is 5.03. The second kappa shape index (κ2) is 6.07. The number of hydrogen-bond acceptors (Lipinski definition) is 4. The Kier molecular flexibility index (Phi) is 4.62. The number of nitrogens with zero attached hydrogens (tertiary/aromatic N) is 2. The highest BCUT2D eigenvalue weighted by Crippen LogP contribution is 2.19. The van der Waals surface area contributed by atoms with Crippen LogP contribution in [0.3, 0.4) is 0 Å².